The van der Waals surface area contributed by atoms with Crippen molar-refractivity contribution in [1.82, 2.24) is 0 Å². The fraction of sp³-hybridized carbons (Fsp3) is 0.579. The molecule has 1 aromatic carbocycles. The van der Waals surface area contributed by atoms with Crippen LogP contribution < -0.4 is 0 Å². The summed E-state index contributed by atoms with van der Waals surface area (Å²) in [6, 6.07) is 10.2. The summed E-state index contributed by atoms with van der Waals surface area (Å²) in [5.41, 5.74) is 1.21. The van der Waals surface area contributed by atoms with Gasteiger partial charge in [0.05, 0.1) is 12.7 Å². The molecule has 1 N–H and O–H groups in total. The summed E-state index contributed by atoms with van der Waals surface area (Å²) in [7, 11) is 0. The third-order valence-corrected chi connectivity index (χ3v) is 3.95. The Bertz CT molecular complexity index is 374. The summed E-state index contributed by atoms with van der Waals surface area (Å²) in [4.78, 5) is 0. The third kappa shape index (κ3) is 8.03. The van der Waals surface area contributed by atoms with Crippen LogP contribution in [0.1, 0.15) is 45.1 Å². The second-order valence-electron chi connectivity index (χ2n) is 6.09. The molecule has 0 aliphatic carbocycles. The third-order valence-electron chi connectivity index (χ3n) is 3.95. The van der Waals surface area contributed by atoms with E-state index in [0.717, 1.165) is 32.3 Å². The molecule has 0 aliphatic heterocycles. The van der Waals surface area contributed by atoms with Gasteiger partial charge in [-0.15, -0.1) is 6.58 Å². The Labute approximate surface area is 129 Å². The van der Waals surface area contributed by atoms with E-state index in [1.165, 1.54) is 5.56 Å². The van der Waals surface area contributed by atoms with Crippen LogP contribution in [0.2, 0.25) is 0 Å². The minimum atomic E-state index is -0.207. The summed E-state index contributed by atoms with van der Waals surface area (Å²) in [5, 5.41) is 10.1. The minimum absolute atomic E-state index is 0.207. The number of ether oxygens (including phenoxy) is 1. The monoisotopic (exact) mass is 290 g/mol. The number of rotatable bonds is 11. The predicted octanol–water partition coefficient (Wildman–Crippen LogP) is 4.58. The van der Waals surface area contributed by atoms with E-state index in [0.29, 0.717) is 18.4 Å². The zero-order valence-electron chi connectivity index (χ0n) is 13.5. The molecule has 0 saturated heterocycles. The van der Waals surface area contributed by atoms with Gasteiger partial charge in [-0.3, -0.25) is 0 Å². The molecule has 0 spiro atoms. The number of hydrogen-bond donors (Lipinski definition) is 1. The quantitative estimate of drug-likeness (QED) is 0.604. The van der Waals surface area contributed by atoms with Gasteiger partial charge in [0.2, 0.25) is 0 Å². The van der Waals surface area contributed by atoms with E-state index >= 15 is 0 Å². The van der Waals surface area contributed by atoms with Gasteiger partial charge in [0, 0.05) is 6.61 Å². The Morgan fingerprint density at radius 2 is 1.86 bits per heavy atom. The molecule has 1 rings (SSSR count). The first-order valence-electron chi connectivity index (χ1n) is 8.04. The van der Waals surface area contributed by atoms with Crippen molar-refractivity contribution in [2.24, 2.45) is 11.8 Å². The molecular weight excluding hydrogens is 260 g/mol. The lowest BCUT2D eigenvalue weighted by molar-refractivity contribution is 0.0678. The van der Waals surface area contributed by atoms with E-state index in [1.807, 2.05) is 24.3 Å². The number of allylic oxidation sites excluding steroid dienone is 1. The Kier molecular flexibility index (Phi) is 9.04. The van der Waals surface area contributed by atoms with Crippen LogP contribution in [-0.2, 0) is 11.3 Å². The van der Waals surface area contributed by atoms with Crippen molar-refractivity contribution in [3.05, 3.63) is 48.6 Å². The summed E-state index contributed by atoms with van der Waals surface area (Å²) in [6.07, 6.45) is 5.57. The van der Waals surface area contributed by atoms with Crippen molar-refractivity contribution in [2.75, 3.05) is 6.61 Å². The second-order valence-corrected chi connectivity index (χ2v) is 6.09. The highest BCUT2D eigenvalue weighted by Gasteiger charge is 2.14. The molecule has 0 radical (unpaired) electrons. The maximum Gasteiger partial charge on any atom is 0.0717 e. The largest absolute Gasteiger partial charge is 0.393 e. The van der Waals surface area contributed by atoms with Crippen molar-refractivity contribution in [3.63, 3.8) is 0 Å². The van der Waals surface area contributed by atoms with Crippen LogP contribution in [0.15, 0.2) is 43.0 Å². The first-order valence-corrected chi connectivity index (χ1v) is 8.04. The van der Waals surface area contributed by atoms with Crippen molar-refractivity contribution >= 4 is 0 Å². The van der Waals surface area contributed by atoms with E-state index in [9.17, 15) is 5.11 Å². The lowest BCUT2D eigenvalue weighted by Crippen LogP contribution is -2.19. The molecule has 0 amide bonds. The molecule has 0 heterocycles. The van der Waals surface area contributed by atoms with E-state index < -0.39 is 0 Å². The van der Waals surface area contributed by atoms with Gasteiger partial charge in [0.15, 0.2) is 0 Å². The van der Waals surface area contributed by atoms with Crippen molar-refractivity contribution < 1.29 is 9.84 Å². The average Bonchev–Trinajstić information content (AvgIpc) is 2.51. The standard InChI is InChI=1S/C19H30O2/c1-4-5-9-17(3)19(20)13-12-16(2)14-21-15-18-10-7-6-8-11-18/h4,6-8,10-11,16-17,19-20H,1,5,9,12-15H2,2-3H3/t16-,17-,19+/m0/s1. The SMILES string of the molecule is C=CCC[C@H](C)[C@H](O)CC[C@H](C)COCc1ccccc1. The molecule has 0 aromatic heterocycles. The number of aliphatic hydroxyl groups excluding tert-OH is 1. The van der Waals surface area contributed by atoms with Gasteiger partial charge in [-0.05, 0) is 43.1 Å². The zero-order chi connectivity index (χ0) is 15.5. The van der Waals surface area contributed by atoms with Crippen molar-refractivity contribution in [3.8, 4) is 0 Å². The molecule has 1 aromatic rings. The molecule has 118 valence electrons. The zero-order valence-corrected chi connectivity index (χ0v) is 13.5. The van der Waals surface area contributed by atoms with E-state index in [2.05, 4.69) is 32.6 Å². The average molecular weight is 290 g/mol. The van der Waals surface area contributed by atoms with Gasteiger partial charge in [0.1, 0.15) is 0 Å². The molecule has 21 heavy (non-hydrogen) atoms. The smallest absolute Gasteiger partial charge is 0.0717 e. The minimum Gasteiger partial charge on any atom is -0.393 e. The fourth-order valence-corrected chi connectivity index (χ4v) is 2.35. The van der Waals surface area contributed by atoms with Gasteiger partial charge < -0.3 is 9.84 Å². The topological polar surface area (TPSA) is 29.5 Å². The van der Waals surface area contributed by atoms with E-state index in [-0.39, 0.29) is 6.10 Å². The molecule has 2 nitrogen and oxygen atoms in total. The highest BCUT2D eigenvalue weighted by atomic mass is 16.5. The Morgan fingerprint density at radius 1 is 1.14 bits per heavy atom. The Morgan fingerprint density at radius 3 is 2.52 bits per heavy atom. The van der Waals surface area contributed by atoms with Crippen LogP contribution in [-0.4, -0.2) is 17.8 Å². The molecule has 0 fully saturated rings. The lowest BCUT2D eigenvalue weighted by Gasteiger charge is -2.20. The van der Waals surface area contributed by atoms with Crippen LogP contribution in [0.3, 0.4) is 0 Å². The van der Waals surface area contributed by atoms with E-state index in [4.69, 9.17) is 4.74 Å². The maximum atomic E-state index is 10.1. The Hall–Kier alpha value is -1.12. The van der Waals surface area contributed by atoms with Crippen LogP contribution in [0.4, 0.5) is 0 Å². The first kappa shape index (κ1) is 17.9. The van der Waals surface area contributed by atoms with Crippen LogP contribution in [0.5, 0.6) is 0 Å². The fourth-order valence-electron chi connectivity index (χ4n) is 2.35. The number of benzene rings is 1. The first-order chi connectivity index (χ1) is 10.1. The van der Waals surface area contributed by atoms with Crippen LogP contribution >= 0.6 is 0 Å². The predicted molar refractivity (Wildman–Crippen MR) is 89.1 cm³/mol. The summed E-state index contributed by atoms with van der Waals surface area (Å²) in [5.74, 6) is 0.829. The maximum absolute atomic E-state index is 10.1. The van der Waals surface area contributed by atoms with Crippen molar-refractivity contribution in [2.45, 2.75) is 52.2 Å². The normalized spacial score (nSPS) is 15.4. The molecular formula is C19H30O2. The van der Waals surface area contributed by atoms with Crippen molar-refractivity contribution in [1.29, 1.82) is 0 Å². The number of aliphatic hydroxyl groups is 1. The highest BCUT2D eigenvalue weighted by molar-refractivity contribution is 5.13. The lowest BCUT2D eigenvalue weighted by atomic mass is 9.93. The summed E-state index contributed by atoms with van der Waals surface area (Å²) in [6.45, 7) is 9.45. The van der Waals surface area contributed by atoms with Crippen LogP contribution in [0, 0.1) is 11.8 Å². The molecule has 2 heteroatoms. The molecule has 0 aliphatic rings. The van der Waals surface area contributed by atoms with Gasteiger partial charge in [-0.25, -0.2) is 0 Å². The van der Waals surface area contributed by atoms with Gasteiger partial charge in [-0.2, -0.15) is 0 Å². The summed E-state index contributed by atoms with van der Waals surface area (Å²) >= 11 is 0. The number of hydrogen-bond acceptors (Lipinski definition) is 2. The molecule has 3 atom stereocenters. The van der Waals surface area contributed by atoms with E-state index in [1.54, 1.807) is 0 Å². The van der Waals surface area contributed by atoms with Crippen LogP contribution in [0.25, 0.3) is 0 Å². The van der Waals surface area contributed by atoms with Gasteiger partial charge in [0.25, 0.3) is 0 Å². The van der Waals surface area contributed by atoms with Gasteiger partial charge >= 0.3 is 0 Å². The molecule has 0 bridgehead atoms. The highest BCUT2D eigenvalue weighted by Crippen LogP contribution is 2.18. The van der Waals surface area contributed by atoms with Gasteiger partial charge in [-0.1, -0.05) is 50.3 Å². The molecule has 0 saturated carbocycles. The summed E-state index contributed by atoms with van der Waals surface area (Å²) < 4.78 is 5.74. The Balaban J connectivity index is 2.13. The molecule has 0 unspecified atom stereocenters. The second kappa shape index (κ2) is 10.6.